The average molecular weight is 283 g/mol. The van der Waals surface area contributed by atoms with Crippen LogP contribution in [0.1, 0.15) is 37.3 Å². The number of hydrogen-bond donors (Lipinski definition) is 1. The maximum absolute atomic E-state index is 12.4. The van der Waals surface area contributed by atoms with Crippen LogP contribution < -0.4 is 5.32 Å². The van der Waals surface area contributed by atoms with Crippen LogP contribution in [0, 0.1) is 0 Å². The summed E-state index contributed by atoms with van der Waals surface area (Å²) in [7, 11) is 0. The number of rotatable bonds is 6. The van der Waals surface area contributed by atoms with E-state index in [1.54, 1.807) is 12.1 Å². The van der Waals surface area contributed by atoms with E-state index in [4.69, 9.17) is 0 Å². The lowest BCUT2D eigenvalue weighted by molar-refractivity contribution is -0.137. The van der Waals surface area contributed by atoms with Crippen LogP contribution in [0.2, 0.25) is 0 Å². The van der Waals surface area contributed by atoms with Gasteiger partial charge in [0, 0.05) is 6.04 Å². The Kier molecular flexibility index (Phi) is 4.86. The number of benzene rings is 1. The van der Waals surface area contributed by atoms with E-state index in [1.165, 1.54) is 18.4 Å². The Morgan fingerprint density at radius 1 is 1.25 bits per heavy atom. The number of hydrogen-bond acceptors (Lipinski definition) is 1. The zero-order chi connectivity index (χ0) is 14.6. The van der Waals surface area contributed by atoms with Gasteiger partial charge in [-0.3, -0.25) is 0 Å². The lowest BCUT2D eigenvalue weighted by Gasteiger charge is -2.08. The van der Waals surface area contributed by atoms with Crippen molar-refractivity contribution in [3.8, 4) is 0 Å². The number of halogens is 3. The van der Waals surface area contributed by atoms with Crippen LogP contribution in [0.3, 0.4) is 0 Å². The highest BCUT2D eigenvalue weighted by atomic mass is 19.4. The summed E-state index contributed by atoms with van der Waals surface area (Å²) >= 11 is 0. The van der Waals surface area contributed by atoms with E-state index in [0.29, 0.717) is 6.42 Å². The number of allylic oxidation sites excluding steroid dienone is 1. The highest BCUT2D eigenvalue weighted by Gasteiger charge is 2.29. The van der Waals surface area contributed by atoms with Crippen molar-refractivity contribution in [2.75, 3.05) is 6.54 Å². The third kappa shape index (κ3) is 5.00. The summed E-state index contributed by atoms with van der Waals surface area (Å²) in [5.41, 5.74) is 1.53. The van der Waals surface area contributed by atoms with E-state index >= 15 is 0 Å². The standard InChI is InChI=1S/C16H20F3N/c1-12(3-2-10-20-15-8-9-15)11-13-4-6-14(7-5-13)16(17,18)19/h3-7,15,20H,2,8-11H2,1H3. The van der Waals surface area contributed by atoms with Crippen LogP contribution in [-0.2, 0) is 12.6 Å². The maximum Gasteiger partial charge on any atom is 0.416 e. The second kappa shape index (κ2) is 6.44. The molecule has 0 bridgehead atoms. The van der Waals surface area contributed by atoms with Gasteiger partial charge in [-0.1, -0.05) is 23.8 Å². The van der Waals surface area contributed by atoms with Gasteiger partial charge in [-0.2, -0.15) is 13.2 Å². The first kappa shape index (κ1) is 15.1. The van der Waals surface area contributed by atoms with Gasteiger partial charge in [0.05, 0.1) is 5.56 Å². The first-order valence-corrected chi connectivity index (χ1v) is 7.00. The van der Waals surface area contributed by atoms with E-state index < -0.39 is 11.7 Å². The molecular weight excluding hydrogens is 263 g/mol. The average Bonchev–Trinajstić information content (AvgIpc) is 3.18. The van der Waals surface area contributed by atoms with Crippen molar-refractivity contribution in [3.05, 3.63) is 47.0 Å². The molecule has 1 aromatic carbocycles. The van der Waals surface area contributed by atoms with Crippen molar-refractivity contribution in [3.63, 3.8) is 0 Å². The molecule has 1 fully saturated rings. The molecule has 1 aromatic rings. The van der Waals surface area contributed by atoms with Crippen molar-refractivity contribution in [2.45, 2.75) is 44.8 Å². The van der Waals surface area contributed by atoms with Gasteiger partial charge in [0.2, 0.25) is 0 Å². The van der Waals surface area contributed by atoms with Gasteiger partial charge in [-0.05, 0) is 56.8 Å². The van der Waals surface area contributed by atoms with Crippen LogP contribution in [0.15, 0.2) is 35.9 Å². The fourth-order valence-electron chi connectivity index (χ4n) is 2.10. The molecule has 0 saturated heterocycles. The third-order valence-corrected chi connectivity index (χ3v) is 3.41. The highest BCUT2D eigenvalue weighted by Crippen LogP contribution is 2.29. The number of alkyl halides is 3. The molecule has 0 aromatic heterocycles. The smallest absolute Gasteiger partial charge is 0.314 e. The summed E-state index contributed by atoms with van der Waals surface area (Å²) in [4.78, 5) is 0. The summed E-state index contributed by atoms with van der Waals surface area (Å²) in [5.74, 6) is 0. The van der Waals surface area contributed by atoms with Gasteiger partial charge in [0.1, 0.15) is 0 Å². The van der Waals surface area contributed by atoms with Gasteiger partial charge >= 0.3 is 6.18 Å². The Labute approximate surface area is 117 Å². The Balaban J connectivity index is 1.80. The van der Waals surface area contributed by atoms with Crippen LogP contribution in [-0.4, -0.2) is 12.6 Å². The molecular formula is C16H20F3N. The van der Waals surface area contributed by atoms with Gasteiger partial charge in [0.25, 0.3) is 0 Å². The second-order valence-electron chi connectivity index (χ2n) is 5.44. The molecule has 4 heteroatoms. The van der Waals surface area contributed by atoms with E-state index in [-0.39, 0.29) is 0 Å². The molecule has 0 unspecified atom stereocenters. The van der Waals surface area contributed by atoms with Gasteiger partial charge in [-0.15, -0.1) is 0 Å². The van der Waals surface area contributed by atoms with E-state index in [9.17, 15) is 13.2 Å². The van der Waals surface area contributed by atoms with Gasteiger partial charge < -0.3 is 5.32 Å². The van der Waals surface area contributed by atoms with Crippen molar-refractivity contribution in [1.82, 2.24) is 5.32 Å². The summed E-state index contributed by atoms with van der Waals surface area (Å²) in [6.07, 6.45) is 2.16. The van der Waals surface area contributed by atoms with Crippen molar-refractivity contribution >= 4 is 0 Å². The maximum atomic E-state index is 12.4. The molecule has 1 aliphatic rings. The quantitative estimate of drug-likeness (QED) is 0.605. The minimum atomic E-state index is -4.25. The molecule has 1 N–H and O–H groups in total. The molecule has 0 amide bonds. The zero-order valence-electron chi connectivity index (χ0n) is 11.6. The number of nitrogens with one attached hydrogen (secondary N) is 1. The Morgan fingerprint density at radius 2 is 1.90 bits per heavy atom. The predicted molar refractivity (Wildman–Crippen MR) is 74.5 cm³/mol. The molecule has 1 nitrogen and oxygen atoms in total. The molecule has 0 aliphatic heterocycles. The van der Waals surface area contributed by atoms with Crippen molar-refractivity contribution < 1.29 is 13.2 Å². The molecule has 1 aliphatic carbocycles. The molecule has 0 radical (unpaired) electrons. The Bertz CT molecular complexity index is 456. The second-order valence-corrected chi connectivity index (χ2v) is 5.44. The fourth-order valence-corrected chi connectivity index (χ4v) is 2.10. The van der Waals surface area contributed by atoms with Crippen LogP contribution >= 0.6 is 0 Å². The van der Waals surface area contributed by atoms with Crippen LogP contribution in [0.4, 0.5) is 13.2 Å². The molecule has 0 atom stereocenters. The summed E-state index contributed by atoms with van der Waals surface area (Å²) in [5, 5.41) is 3.43. The highest BCUT2D eigenvalue weighted by molar-refractivity contribution is 5.27. The molecule has 20 heavy (non-hydrogen) atoms. The molecule has 110 valence electrons. The molecule has 2 rings (SSSR count). The molecule has 1 saturated carbocycles. The summed E-state index contributed by atoms with van der Waals surface area (Å²) in [6.45, 7) is 3.00. The van der Waals surface area contributed by atoms with E-state index in [0.717, 1.165) is 36.7 Å². The lowest BCUT2D eigenvalue weighted by atomic mass is 10.0. The summed E-state index contributed by atoms with van der Waals surface area (Å²) < 4.78 is 37.3. The normalized spacial score (nSPS) is 16.5. The summed E-state index contributed by atoms with van der Waals surface area (Å²) in [6, 6.07) is 6.14. The molecule has 0 heterocycles. The first-order valence-electron chi connectivity index (χ1n) is 7.00. The predicted octanol–water partition coefficient (Wildman–Crippen LogP) is 4.34. The van der Waals surface area contributed by atoms with Gasteiger partial charge in [0.15, 0.2) is 0 Å². The van der Waals surface area contributed by atoms with Crippen molar-refractivity contribution in [1.29, 1.82) is 0 Å². The first-order chi connectivity index (χ1) is 9.45. The topological polar surface area (TPSA) is 12.0 Å². The molecule has 0 spiro atoms. The van der Waals surface area contributed by atoms with Crippen molar-refractivity contribution in [2.24, 2.45) is 0 Å². The van der Waals surface area contributed by atoms with Crippen LogP contribution in [0.25, 0.3) is 0 Å². The van der Waals surface area contributed by atoms with Crippen LogP contribution in [0.5, 0.6) is 0 Å². The SMILES string of the molecule is CC(=CCCNC1CC1)Cc1ccc(C(F)(F)F)cc1. The van der Waals surface area contributed by atoms with E-state index in [1.807, 2.05) is 6.92 Å². The minimum absolute atomic E-state index is 0.587. The van der Waals surface area contributed by atoms with Gasteiger partial charge in [-0.25, -0.2) is 0 Å². The third-order valence-electron chi connectivity index (χ3n) is 3.41. The lowest BCUT2D eigenvalue weighted by Crippen LogP contribution is -2.16. The zero-order valence-corrected chi connectivity index (χ0v) is 11.6. The van der Waals surface area contributed by atoms with E-state index in [2.05, 4.69) is 11.4 Å². The largest absolute Gasteiger partial charge is 0.416 e. The minimum Gasteiger partial charge on any atom is -0.314 e. The Hall–Kier alpha value is -1.29. The monoisotopic (exact) mass is 283 g/mol. The fraction of sp³-hybridized carbons (Fsp3) is 0.500. The Morgan fingerprint density at radius 3 is 2.45 bits per heavy atom.